The van der Waals surface area contributed by atoms with Crippen LogP contribution in [0.25, 0.3) is 0 Å². The smallest absolute Gasteiger partial charge is 0.246 e. The van der Waals surface area contributed by atoms with Gasteiger partial charge in [0.15, 0.2) is 0 Å². The van der Waals surface area contributed by atoms with Crippen molar-refractivity contribution in [2.75, 3.05) is 20.2 Å². The van der Waals surface area contributed by atoms with Gasteiger partial charge in [-0.2, -0.15) is 4.31 Å². The second kappa shape index (κ2) is 6.79. The van der Waals surface area contributed by atoms with Crippen molar-refractivity contribution in [2.45, 2.75) is 29.7 Å². The van der Waals surface area contributed by atoms with E-state index in [0.29, 0.717) is 25.9 Å². The van der Waals surface area contributed by atoms with Crippen LogP contribution in [-0.2, 0) is 20.6 Å². The van der Waals surface area contributed by atoms with E-state index in [9.17, 15) is 12.8 Å². The number of sulfonamides is 1. The van der Waals surface area contributed by atoms with Crippen LogP contribution in [0.1, 0.15) is 18.4 Å². The number of hydrogen-bond acceptors (Lipinski definition) is 3. The lowest BCUT2D eigenvalue weighted by Crippen LogP contribution is -2.40. The Kier molecular flexibility index (Phi) is 5.48. The van der Waals surface area contributed by atoms with Crippen LogP contribution in [0.4, 0.5) is 4.39 Å². The average Bonchev–Trinajstić information content (AvgIpc) is 2.49. The zero-order chi connectivity index (χ0) is 15.6. The fraction of sp³-hybridized carbons (Fsp3) is 0.538. The Balaban J connectivity index is 2.34. The molecule has 118 valence electrons. The standard InChI is InChI=1S/C13H16Cl2FNO3S/c1-20-11-2-4-17(5-3-11)21(18,19)12-7-10(15)6-9(8-14)13(12)16/h6-7,11H,2-5,8H2,1H3. The van der Waals surface area contributed by atoms with Gasteiger partial charge in [0.2, 0.25) is 10.0 Å². The molecule has 0 aromatic heterocycles. The van der Waals surface area contributed by atoms with Gasteiger partial charge in [0.05, 0.1) is 12.0 Å². The first-order valence-electron chi connectivity index (χ1n) is 6.47. The molecule has 1 fully saturated rings. The predicted molar refractivity (Wildman–Crippen MR) is 79.8 cm³/mol. The SMILES string of the molecule is COC1CCN(S(=O)(=O)c2cc(Cl)cc(CCl)c2F)CC1. The third-order valence-corrected chi connectivity index (χ3v) is 5.98. The van der Waals surface area contributed by atoms with Crippen molar-refractivity contribution in [2.24, 2.45) is 0 Å². The summed E-state index contributed by atoms with van der Waals surface area (Å²) >= 11 is 11.5. The summed E-state index contributed by atoms with van der Waals surface area (Å²) < 4.78 is 45.9. The zero-order valence-corrected chi connectivity index (χ0v) is 13.8. The van der Waals surface area contributed by atoms with Gasteiger partial charge in [-0.3, -0.25) is 0 Å². The number of piperidine rings is 1. The van der Waals surface area contributed by atoms with Crippen molar-refractivity contribution >= 4 is 33.2 Å². The normalized spacial score (nSPS) is 18.1. The molecule has 8 heteroatoms. The Morgan fingerprint density at radius 1 is 1.38 bits per heavy atom. The monoisotopic (exact) mass is 355 g/mol. The van der Waals surface area contributed by atoms with Crippen molar-refractivity contribution in [1.29, 1.82) is 0 Å². The van der Waals surface area contributed by atoms with E-state index in [1.54, 1.807) is 7.11 Å². The maximum atomic E-state index is 14.3. The van der Waals surface area contributed by atoms with E-state index in [1.165, 1.54) is 10.4 Å². The number of hydrogen-bond donors (Lipinski definition) is 0. The van der Waals surface area contributed by atoms with Gasteiger partial charge in [-0.05, 0) is 25.0 Å². The Hall–Kier alpha value is -0.400. The van der Waals surface area contributed by atoms with Crippen molar-refractivity contribution < 1.29 is 17.5 Å². The average molecular weight is 356 g/mol. The Labute approximate surface area is 133 Å². The van der Waals surface area contributed by atoms with E-state index in [2.05, 4.69) is 0 Å². The number of halogens is 3. The maximum Gasteiger partial charge on any atom is 0.246 e. The molecule has 0 atom stereocenters. The van der Waals surface area contributed by atoms with E-state index in [1.807, 2.05) is 0 Å². The fourth-order valence-electron chi connectivity index (χ4n) is 2.35. The minimum atomic E-state index is -3.92. The third-order valence-electron chi connectivity index (χ3n) is 3.58. The molecule has 21 heavy (non-hydrogen) atoms. The van der Waals surface area contributed by atoms with Crippen molar-refractivity contribution in [1.82, 2.24) is 4.31 Å². The summed E-state index contributed by atoms with van der Waals surface area (Å²) in [7, 11) is -2.32. The van der Waals surface area contributed by atoms with Crippen LogP contribution in [-0.4, -0.2) is 39.0 Å². The van der Waals surface area contributed by atoms with Gasteiger partial charge < -0.3 is 4.74 Å². The molecule has 4 nitrogen and oxygen atoms in total. The van der Waals surface area contributed by atoms with Gasteiger partial charge in [0, 0.05) is 30.8 Å². The summed E-state index contributed by atoms with van der Waals surface area (Å²) in [6.45, 7) is 0.589. The Bertz CT molecular complexity index is 616. The van der Waals surface area contributed by atoms with E-state index < -0.39 is 20.7 Å². The molecule has 0 spiro atoms. The molecule has 1 aromatic rings. The van der Waals surface area contributed by atoms with Gasteiger partial charge in [0.1, 0.15) is 10.7 Å². The van der Waals surface area contributed by atoms with Crippen LogP contribution in [0.5, 0.6) is 0 Å². The summed E-state index contributed by atoms with van der Waals surface area (Å²) in [5, 5.41) is 0.150. The Morgan fingerprint density at radius 2 is 2.00 bits per heavy atom. The largest absolute Gasteiger partial charge is 0.381 e. The Morgan fingerprint density at radius 3 is 2.52 bits per heavy atom. The van der Waals surface area contributed by atoms with E-state index in [0.717, 1.165) is 6.07 Å². The molecule has 1 heterocycles. The minimum absolute atomic E-state index is 0.0408. The summed E-state index contributed by atoms with van der Waals surface area (Å²) in [6, 6.07) is 2.46. The highest BCUT2D eigenvalue weighted by Crippen LogP contribution is 2.29. The highest BCUT2D eigenvalue weighted by molar-refractivity contribution is 7.89. The van der Waals surface area contributed by atoms with Gasteiger partial charge >= 0.3 is 0 Å². The van der Waals surface area contributed by atoms with Crippen LogP contribution in [0.3, 0.4) is 0 Å². The first kappa shape index (κ1) is 17.0. The lowest BCUT2D eigenvalue weighted by Gasteiger charge is -2.30. The molecule has 1 saturated heterocycles. The van der Waals surface area contributed by atoms with E-state index >= 15 is 0 Å². The van der Waals surface area contributed by atoms with E-state index in [4.69, 9.17) is 27.9 Å². The molecule has 0 amide bonds. The number of methoxy groups -OCH3 is 1. The number of benzene rings is 1. The molecule has 2 rings (SSSR count). The second-order valence-corrected chi connectivity index (χ2v) is 7.46. The van der Waals surface area contributed by atoms with Gasteiger partial charge in [-0.15, -0.1) is 11.6 Å². The van der Waals surface area contributed by atoms with Crippen LogP contribution in [0.15, 0.2) is 17.0 Å². The molecular weight excluding hydrogens is 340 g/mol. The molecule has 0 saturated carbocycles. The number of rotatable bonds is 4. The van der Waals surface area contributed by atoms with Gasteiger partial charge in [0.25, 0.3) is 0 Å². The third kappa shape index (κ3) is 3.51. The van der Waals surface area contributed by atoms with Gasteiger partial charge in [-0.1, -0.05) is 11.6 Å². The predicted octanol–water partition coefficient (Wildman–Crippen LogP) is 3.02. The summed E-state index contributed by atoms with van der Waals surface area (Å²) in [6.07, 6.45) is 1.21. The lowest BCUT2D eigenvalue weighted by molar-refractivity contribution is 0.0604. The molecule has 0 N–H and O–H groups in total. The molecule has 0 unspecified atom stereocenters. The van der Waals surface area contributed by atoms with Crippen LogP contribution < -0.4 is 0 Å². The first-order chi connectivity index (χ1) is 9.90. The first-order valence-corrected chi connectivity index (χ1v) is 8.82. The molecule has 1 aliphatic rings. The topological polar surface area (TPSA) is 46.6 Å². The van der Waals surface area contributed by atoms with Crippen LogP contribution >= 0.6 is 23.2 Å². The summed E-state index contributed by atoms with van der Waals surface area (Å²) in [5.41, 5.74) is 0.0783. The van der Waals surface area contributed by atoms with Gasteiger partial charge in [-0.25, -0.2) is 12.8 Å². The molecular formula is C13H16Cl2FNO3S. The lowest BCUT2D eigenvalue weighted by atomic mass is 10.1. The zero-order valence-electron chi connectivity index (χ0n) is 11.5. The highest BCUT2D eigenvalue weighted by atomic mass is 35.5. The number of nitrogens with zero attached hydrogens (tertiary/aromatic N) is 1. The summed E-state index contributed by atoms with van der Waals surface area (Å²) in [4.78, 5) is -0.415. The van der Waals surface area contributed by atoms with Crippen LogP contribution in [0, 0.1) is 5.82 Å². The van der Waals surface area contributed by atoms with Crippen molar-refractivity contribution in [3.05, 3.63) is 28.5 Å². The van der Waals surface area contributed by atoms with Crippen molar-refractivity contribution in [3.8, 4) is 0 Å². The molecule has 0 aliphatic carbocycles. The number of alkyl halides is 1. The second-order valence-electron chi connectivity index (χ2n) is 4.85. The summed E-state index contributed by atoms with van der Waals surface area (Å²) in [5.74, 6) is -0.969. The molecule has 1 aromatic carbocycles. The van der Waals surface area contributed by atoms with Crippen molar-refractivity contribution in [3.63, 3.8) is 0 Å². The molecule has 1 aliphatic heterocycles. The van der Waals surface area contributed by atoms with E-state index in [-0.39, 0.29) is 22.6 Å². The van der Waals surface area contributed by atoms with Crippen LogP contribution in [0.2, 0.25) is 5.02 Å². The maximum absolute atomic E-state index is 14.3. The number of ether oxygens (including phenoxy) is 1. The molecule has 0 bridgehead atoms. The molecule has 0 radical (unpaired) electrons. The fourth-order valence-corrected chi connectivity index (χ4v) is 4.45. The minimum Gasteiger partial charge on any atom is -0.381 e. The highest BCUT2D eigenvalue weighted by Gasteiger charge is 2.32. The quantitative estimate of drug-likeness (QED) is 0.780.